The highest BCUT2D eigenvalue weighted by Gasteiger charge is 2.38. The Bertz CT molecular complexity index is 1250. The van der Waals surface area contributed by atoms with Gasteiger partial charge in [0.05, 0.1) is 27.0 Å². The summed E-state index contributed by atoms with van der Waals surface area (Å²) >= 11 is 13.4. The van der Waals surface area contributed by atoms with Crippen LogP contribution in [0.4, 0.5) is 18.9 Å². The minimum absolute atomic E-state index is 0.0153. The van der Waals surface area contributed by atoms with Crippen molar-refractivity contribution in [2.75, 3.05) is 11.1 Å². The van der Waals surface area contributed by atoms with Crippen LogP contribution in [0, 0.1) is 0 Å². The topological polar surface area (TPSA) is 75.1 Å². The molecule has 4 aromatic rings. The molecule has 0 unspecified atom stereocenters. The van der Waals surface area contributed by atoms with Gasteiger partial charge in [-0.15, -0.1) is 0 Å². The number of nitrogens with zero attached hydrogens (tertiary/aromatic N) is 3. The SMILES string of the molecule is O=C(Nc1cccn2c(CCSc3ncc[nH]3)c(C(F)(F)F)nc12)c1c(Cl)cccc1Cl. The number of aryl methyl sites for hydroxylation is 1. The van der Waals surface area contributed by atoms with E-state index in [1.54, 1.807) is 18.5 Å². The van der Waals surface area contributed by atoms with Gasteiger partial charge >= 0.3 is 6.18 Å². The lowest BCUT2D eigenvalue weighted by Gasteiger charge is -2.10. The van der Waals surface area contributed by atoms with Crippen LogP contribution in [0.1, 0.15) is 21.7 Å². The fourth-order valence-electron chi connectivity index (χ4n) is 3.15. The number of alkyl halides is 3. The third-order valence-corrected chi connectivity index (χ3v) is 6.04. The fourth-order valence-corrected chi connectivity index (χ4v) is 4.50. The third-order valence-electron chi connectivity index (χ3n) is 4.51. The van der Waals surface area contributed by atoms with Crippen LogP contribution in [-0.2, 0) is 12.6 Å². The standard InChI is InChI=1S/C20H14Cl2F3N5OS/c21-11-3-1-4-12(22)15(11)18(31)28-13-5-2-9-30-14(6-10-32-19-26-7-8-27-19)16(20(23,24)25)29-17(13)30/h1-5,7-9H,6,10H2,(H,26,27)(H,28,31). The Morgan fingerprint density at radius 2 is 1.94 bits per heavy atom. The minimum atomic E-state index is -4.66. The number of hydrogen-bond acceptors (Lipinski definition) is 4. The number of aromatic nitrogens is 4. The lowest BCUT2D eigenvalue weighted by atomic mass is 10.2. The molecule has 0 fully saturated rings. The molecule has 0 aliphatic carbocycles. The highest BCUT2D eigenvalue weighted by molar-refractivity contribution is 7.99. The minimum Gasteiger partial charge on any atom is -0.340 e. The summed E-state index contributed by atoms with van der Waals surface area (Å²) in [4.78, 5) is 23.5. The van der Waals surface area contributed by atoms with E-state index in [1.807, 2.05) is 0 Å². The maximum atomic E-state index is 13.7. The largest absolute Gasteiger partial charge is 0.435 e. The number of fused-ring (bicyclic) bond motifs is 1. The van der Waals surface area contributed by atoms with Crippen LogP contribution in [0.5, 0.6) is 0 Å². The summed E-state index contributed by atoms with van der Waals surface area (Å²) < 4.78 is 42.5. The van der Waals surface area contributed by atoms with Gasteiger partial charge in [-0.2, -0.15) is 13.2 Å². The van der Waals surface area contributed by atoms with Gasteiger partial charge in [0, 0.05) is 24.3 Å². The van der Waals surface area contributed by atoms with Crippen LogP contribution in [0.25, 0.3) is 5.65 Å². The molecule has 0 bridgehead atoms. The predicted octanol–water partition coefficient (Wildman–Crippen LogP) is 5.97. The number of halogens is 5. The molecule has 2 N–H and O–H groups in total. The van der Waals surface area contributed by atoms with Crippen molar-refractivity contribution in [1.29, 1.82) is 0 Å². The zero-order valence-corrected chi connectivity index (χ0v) is 18.4. The summed E-state index contributed by atoms with van der Waals surface area (Å²) in [5.41, 5.74) is -0.928. The van der Waals surface area contributed by atoms with E-state index in [9.17, 15) is 18.0 Å². The number of nitrogens with one attached hydrogen (secondary N) is 2. The first kappa shape index (κ1) is 22.5. The number of anilines is 1. The molecule has 32 heavy (non-hydrogen) atoms. The maximum Gasteiger partial charge on any atom is 0.435 e. The average Bonchev–Trinajstić information content (AvgIpc) is 3.36. The van der Waals surface area contributed by atoms with Crippen LogP contribution < -0.4 is 5.32 Å². The highest BCUT2D eigenvalue weighted by atomic mass is 35.5. The van der Waals surface area contributed by atoms with E-state index in [4.69, 9.17) is 23.2 Å². The Labute approximate surface area is 194 Å². The second-order valence-electron chi connectivity index (χ2n) is 6.56. The fraction of sp³-hybridized carbons (Fsp3) is 0.150. The number of benzene rings is 1. The molecule has 4 rings (SSSR count). The van der Waals surface area contributed by atoms with Gasteiger partial charge in [0.2, 0.25) is 0 Å². The van der Waals surface area contributed by atoms with Crippen LogP contribution in [0.3, 0.4) is 0 Å². The molecule has 0 saturated heterocycles. The van der Waals surface area contributed by atoms with Crippen molar-refractivity contribution in [2.24, 2.45) is 0 Å². The molecule has 166 valence electrons. The van der Waals surface area contributed by atoms with Gasteiger partial charge in [-0.1, -0.05) is 41.0 Å². The molecule has 0 atom stereocenters. The number of carbonyl (C=O) groups excluding carboxylic acids is 1. The molecule has 12 heteroatoms. The summed E-state index contributed by atoms with van der Waals surface area (Å²) in [5, 5.41) is 3.43. The van der Waals surface area contributed by atoms with E-state index in [0.717, 1.165) is 0 Å². The zero-order valence-electron chi connectivity index (χ0n) is 16.1. The number of H-pyrrole nitrogens is 1. The van der Waals surface area contributed by atoms with Crippen molar-refractivity contribution in [1.82, 2.24) is 19.4 Å². The predicted molar refractivity (Wildman–Crippen MR) is 118 cm³/mol. The van der Waals surface area contributed by atoms with Crippen LogP contribution in [0.15, 0.2) is 54.1 Å². The molecule has 0 spiro atoms. The monoisotopic (exact) mass is 499 g/mol. The molecule has 0 radical (unpaired) electrons. The molecule has 3 heterocycles. The van der Waals surface area contributed by atoms with Gasteiger partial charge in [0.15, 0.2) is 16.5 Å². The number of carbonyl (C=O) groups is 1. The van der Waals surface area contributed by atoms with Crippen molar-refractivity contribution < 1.29 is 18.0 Å². The van der Waals surface area contributed by atoms with E-state index in [0.29, 0.717) is 10.9 Å². The van der Waals surface area contributed by atoms with E-state index < -0.39 is 17.8 Å². The lowest BCUT2D eigenvalue weighted by molar-refractivity contribution is -0.141. The number of amides is 1. The molecule has 0 aliphatic heterocycles. The summed E-state index contributed by atoms with van der Waals surface area (Å²) in [5.74, 6) is -0.309. The van der Waals surface area contributed by atoms with Gasteiger partial charge < -0.3 is 14.7 Å². The van der Waals surface area contributed by atoms with Crippen molar-refractivity contribution >= 4 is 52.2 Å². The molecule has 1 aromatic carbocycles. The second-order valence-corrected chi connectivity index (χ2v) is 8.46. The Balaban J connectivity index is 1.69. The average molecular weight is 500 g/mol. The van der Waals surface area contributed by atoms with E-state index >= 15 is 0 Å². The van der Waals surface area contributed by atoms with Gasteiger partial charge in [0.1, 0.15) is 0 Å². The number of thioether (sulfide) groups is 1. The quantitative estimate of drug-likeness (QED) is 0.320. The number of hydrogen-bond donors (Lipinski definition) is 2. The van der Waals surface area contributed by atoms with Gasteiger partial charge in [-0.25, -0.2) is 9.97 Å². The van der Waals surface area contributed by atoms with Crippen LogP contribution in [0.2, 0.25) is 10.0 Å². The van der Waals surface area contributed by atoms with E-state index in [1.165, 1.54) is 46.6 Å². The number of rotatable bonds is 6. The molecule has 0 saturated carbocycles. The summed E-state index contributed by atoms with van der Waals surface area (Å²) in [6.45, 7) is 0. The van der Waals surface area contributed by atoms with Crippen molar-refractivity contribution in [2.45, 2.75) is 17.8 Å². The first-order valence-electron chi connectivity index (χ1n) is 9.20. The smallest absolute Gasteiger partial charge is 0.340 e. The molecular formula is C20H14Cl2F3N5OS. The summed E-state index contributed by atoms with van der Waals surface area (Å²) in [7, 11) is 0. The van der Waals surface area contributed by atoms with Crippen LogP contribution >= 0.6 is 35.0 Å². The Morgan fingerprint density at radius 3 is 2.59 bits per heavy atom. The molecule has 0 aliphatic rings. The normalized spacial score (nSPS) is 11.8. The molecule has 3 aromatic heterocycles. The number of imidazole rings is 2. The van der Waals surface area contributed by atoms with Crippen molar-refractivity contribution in [3.8, 4) is 0 Å². The Kier molecular flexibility index (Phi) is 6.36. The number of pyridine rings is 1. The Hall–Kier alpha value is -2.69. The maximum absolute atomic E-state index is 13.7. The van der Waals surface area contributed by atoms with Crippen molar-refractivity contribution in [3.63, 3.8) is 0 Å². The first-order chi connectivity index (χ1) is 15.3. The molecule has 6 nitrogen and oxygen atoms in total. The van der Waals surface area contributed by atoms with E-state index in [-0.39, 0.29) is 39.1 Å². The summed E-state index contributed by atoms with van der Waals surface area (Å²) in [6.07, 6.45) is 0.0948. The Morgan fingerprint density at radius 1 is 1.19 bits per heavy atom. The summed E-state index contributed by atoms with van der Waals surface area (Å²) in [6, 6.07) is 7.57. The van der Waals surface area contributed by atoms with Crippen LogP contribution in [-0.4, -0.2) is 31.0 Å². The lowest BCUT2D eigenvalue weighted by Crippen LogP contribution is -2.14. The highest BCUT2D eigenvalue weighted by Crippen LogP contribution is 2.35. The molecule has 1 amide bonds. The van der Waals surface area contributed by atoms with Gasteiger partial charge in [0.25, 0.3) is 5.91 Å². The third kappa shape index (κ3) is 4.57. The van der Waals surface area contributed by atoms with Crippen molar-refractivity contribution in [3.05, 3.63) is 75.9 Å². The molecular weight excluding hydrogens is 486 g/mol. The zero-order chi connectivity index (χ0) is 22.9. The number of aromatic amines is 1. The second kappa shape index (κ2) is 9.05. The van der Waals surface area contributed by atoms with E-state index in [2.05, 4.69) is 20.3 Å². The van der Waals surface area contributed by atoms with Gasteiger partial charge in [-0.3, -0.25) is 4.79 Å². The first-order valence-corrected chi connectivity index (χ1v) is 10.9. The van der Waals surface area contributed by atoms with Gasteiger partial charge in [-0.05, 0) is 30.7 Å².